The van der Waals surface area contributed by atoms with Gasteiger partial charge in [-0.1, -0.05) is 0 Å². The van der Waals surface area contributed by atoms with E-state index >= 15 is 0 Å². The highest BCUT2D eigenvalue weighted by Crippen LogP contribution is 2.34. The fourth-order valence-corrected chi connectivity index (χ4v) is 2.69. The number of carbonyl (C=O) groups is 1. The normalized spacial score (nSPS) is 26.8. The number of nitrogens with zero attached hydrogens (tertiary/aromatic N) is 1. The molecular formula is C12H20ClF3N2O2. The van der Waals surface area contributed by atoms with Crippen molar-refractivity contribution in [3.05, 3.63) is 0 Å². The zero-order chi connectivity index (χ0) is 14.1. The highest BCUT2D eigenvalue weighted by Gasteiger charge is 2.46. The van der Waals surface area contributed by atoms with Crippen molar-refractivity contribution < 1.29 is 22.7 Å². The van der Waals surface area contributed by atoms with Gasteiger partial charge in [0.15, 0.2) is 0 Å². The predicted molar refractivity (Wildman–Crippen MR) is 69.6 cm³/mol. The van der Waals surface area contributed by atoms with Gasteiger partial charge in [0.1, 0.15) is 0 Å². The molecule has 2 fully saturated rings. The molecule has 118 valence electrons. The molecule has 0 saturated carbocycles. The van der Waals surface area contributed by atoms with Crippen LogP contribution >= 0.6 is 12.4 Å². The van der Waals surface area contributed by atoms with Crippen molar-refractivity contribution in [1.29, 1.82) is 0 Å². The number of halogens is 4. The van der Waals surface area contributed by atoms with Gasteiger partial charge < -0.3 is 15.4 Å². The van der Waals surface area contributed by atoms with E-state index in [4.69, 9.17) is 10.5 Å². The Balaban J connectivity index is 0.00000200. The summed E-state index contributed by atoms with van der Waals surface area (Å²) in [6, 6.07) is 0. The van der Waals surface area contributed by atoms with Gasteiger partial charge in [0, 0.05) is 26.3 Å². The molecule has 4 nitrogen and oxygen atoms in total. The lowest BCUT2D eigenvalue weighted by Gasteiger charge is -2.40. The largest absolute Gasteiger partial charge is 0.393 e. The third-order valence-electron chi connectivity index (χ3n) is 3.98. The van der Waals surface area contributed by atoms with Gasteiger partial charge in [0.05, 0.1) is 11.5 Å². The van der Waals surface area contributed by atoms with Crippen LogP contribution in [0.2, 0.25) is 0 Å². The van der Waals surface area contributed by atoms with Gasteiger partial charge >= 0.3 is 6.18 Å². The molecule has 0 aromatic rings. The summed E-state index contributed by atoms with van der Waals surface area (Å²) in [5, 5.41) is 0. The first kappa shape index (κ1) is 17.5. The van der Waals surface area contributed by atoms with E-state index in [-0.39, 0.29) is 31.3 Å². The van der Waals surface area contributed by atoms with Crippen LogP contribution in [0.4, 0.5) is 13.2 Å². The van der Waals surface area contributed by atoms with E-state index in [2.05, 4.69) is 0 Å². The summed E-state index contributed by atoms with van der Waals surface area (Å²) in [5.74, 6) is -1.78. The first-order valence-electron chi connectivity index (χ1n) is 6.56. The minimum atomic E-state index is -4.24. The Kier molecular flexibility index (Phi) is 5.69. The third kappa shape index (κ3) is 3.77. The van der Waals surface area contributed by atoms with Gasteiger partial charge in [-0.2, -0.15) is 13.2 Å². The van der Waals surface area contributed by atoms with Gasteiger partial charge in [-0.05, 0) is 25.7 Å². The molecule has 2 aliphatic rings. The van der Waals surface area contributed by atoms with Crippen LogP contribution in [0.3, 0.4) is 0 Å². The molecule has 1 unspecified atom stereocenters. The SMILES string of the molecule is Cl.NC1(C(=O)N2CCCC(C(F)(F)F)C2)CCOCC1. The third-order valence-corrected chi connectivity index (χ3v) is 3.98. The van der Waals surface area contributed by atoms with Crippen molar-refractivity contribution >= 4 is 18.3 Å². The maximum atomic E-state index is 12.7. The maximum absolute atomic E-state index is 12.7. The van der Waals surface area contributed by atoms with E-state index in [0.717, 1.165) is 0 Å². The van der Waals surface area contributed by atoms with Crippen LogP contribution in [-0.4, -0.2) is 48.8 Å². The maximum Gasteiger partial charge on any atom is 0.393 e. The molecule has 2 aliphatic heterocycles. The Hall–Kier alpha value is -0.530. The first-order valence-corrected chi connectivity index (χ1v) is 6.56. The summed E-state index contributed by atoms with van der Waals surface area (Å²) < 4.78 is 43.3. The number of rotatable bonds is 1. The van der Waals surface area contributed by atoms with Gasteiger partial charge in [0.25, 0.3) is 0 Å². The van der Waals surface area contributed by atoms with Crippen LogP contribution in [0.5, 0.6) is 0 Å². The molecule has 0 aliphatic carbocycles. The minimum absolute atomic E-state index is 0. The topological polar surface area (TPSA) is 55.6 Å². The molecule has 1 amide bonds. The summed E-state index contributed by atoms with van der Waals surface area (Å²) in [6.07, 6.45) is -3.02. The monoisotopic (exact) mass is 316 g/mol. The number of ether oxygens (including phenoxy) is 1. The van der Waals surface area contributed by atoms with Crippen LogP contribution in [0.25, 0.3) is 0 Å². The highest BCUT2D eigenvalue weighted by molar-refractivity contribution is 5.86. The summed E-state index contributed by atoms with van der Waals surface area (Å²) in [7, 11) is 0. The zero-order valence-corrected chi connectivity index (χ0v) is 11.9. The summed E-state index contributed by atoms with van der Waals surface area (Å²) in [4.78, 5) is 13.6. The average Bonchev–Trinajstić information content (AvgIpc) is 2.38. The molecule has 20 heavy (non-hydrogen) atoms. The molecule has 0 bridgehead atoms. The average molecular weight is 317 g/mol. The molecule has 1 atom stereocenters. The van der Waals surface area contributed by atoms with E-state index in [9.17, 15) is 18.0 Å². The zero-order valence-electron chi connectivity index (χ0n) is 11.1. The van der Waals surface area contributed by atoms with Crippen LogP contribution in [0, 0.1) is 5.92 Å². The first-order chi connectivity index (χ1) is 8.83. The Bertz CT molecular complexity index is 346. The fourth-order valence-electron chi connectivity index (χ4n) is 2.69. The number of carbonyl (C=O) groups excluding carboxylic acids is 1. The van der Waals surface area contributed by atoms with Crippen molar-refractivity contribution in [3.8, 4) is 0 Å². The summed E-state index contributed by atoms with van der Waals surface area (Å²) in [6.45, 7) is 0.880. The molecule has 2 N–H and O–H groups in total. The Labute approximate surface area is 122 Å². The Morgan fingerprint density at radius 3 is 2.45 bits per heavy atom. The van der Waals surface area contributed by atoms with Crippen LogP contribution < -0.4 is 5.73 Å². The van der Waals surface area contributed by atoms with E-state index in [0.29, 0.717) is 39.0 Å². The standard InChI is InChI=1S/C12H19F3N2O2.ClH/c13-12(14,15)9-2-1-5-17(8-9)10(18)11(16)3-6-19-7-4-11;/h9H,1-8,16H2;1H. The summed E-state index contributed by atoms with van der Waals surface area (Å²) in [5.41, 5.74) is 4.99. The molecular weight excluding hydrogens is 297 g/mol. The van der Waals surface area contributed by atoms with Gasteiger partial charge in [-0.15, -0.1) is 12.4 Å². The molecule has 0 aromatic heterocycles. The number of likely N-dealkylation sites (tertiary alicyclic amines) is 1. The lowest BCUT2D eigenvalue weighted by atomic mass is 9.88. The van der Waals surface area contributed by atoms with Gasteiger partial charge in [-0.3, -0.25) is 4.79 Å². The smallest absolute Gasteiger partial charge is 0.381 e. The molecule has 0 spiro atoms. The Morgan fingerprint density at radius 2 is 1.90 bits per heavy atom. The number of hydrogen-bond donors (Lipinski definition) is 1. The van der Waals surface area contributed by atoms with E-state index < -0.39 is 17.6 Å². The van der Waals surface area contributed by atoms with Crippen LogP contribution in [-0.2, 0) is 9.53 Å². The highest BCUT2D eigenvalue weighted by atomic mass is 35.5. The van der Waals surface area contributed by atoms with Crippen molar-refractivity contribution in [2.24, 2.45) is 11.7 Å². The van der Waals surface area contributed by atoms with Crippen molar-refractivity contribution in [3.63, 3.8) is 0 Å². The summed E-state index contributed by atoms with van der Waals surface area (Å²) >= 11 is 0. The lowest BCUT2D eigenvalue weighted by molar-refractivity contribution is -0.189. The molecule has 0 aromatic carbocycles. The van der Waals surface area contributed by atoms with Gasteiger partial charge in [0.2, 0.25) is 5.91 Å². The van der Waals surface area contributed by atoms with E-state index in [1.807, 2.05) is 0 Å². The van der Waals surface area contributed by atoms with E-state index in [1.165, 1.54) is 4.90 Å². The molecule has 0 radical (unpaired) electrons. The number of piperidine rings is 1. The molecule has 8 heteroatoms. The quantitative estimate of drug-likeness (QED) is 0.801. The van der Waals surface area contributed by atoms with Crippen molar-refractivity contribution in [1.82, 2.24) is 4.90 Å². The fraction of sp³-hybridized carbons (Fsp3) is 0.917. The molecule has 2 saturated heterocycles. The second-order valence-electron chi connectivity index (χ2n) is 5.40. The van der Waals surface area contributed by atoms with Crippen LogP contribution in [0.1, 0.15) is 25.7 Å². The van der Waals surface area contributed by atoms with E-state index in [1.54, 1.807) is 0 Å². The number of alkyl halides is 3. The number of amides is 1. The number of hydrogen-bond acceptors (Lipinski definition) is 3. The predicted octanol–water partition coefficient (Wildman–Crippen LogP) is 1.72. The second kappa shape index (κ2) is 6.49. The van der Waals surface area contributed by atoms with Crippen molar-refractivity contribution in [2.45, 2.75) is 37.4 Å². The number of nitrogens with two attached hydrogens (primary N) is 1. The Morgan fingerprint density at radius 1 is 1.30 bits per heavy atom. The molecule has 2 rings (SSSR count). The minimum Gasteiger partial charge on any atom is -0.381 e. The second-order valence-corrected chi connectivity index (χ2v) is 5.40. The van der Waals surface area contributed by atoms with Gasteiger partial charge in [-0.25, -0.2) is 0 Å². The van der Waals surface area contributed by atoms with Crippen LogP contribution in [0.15, 0.2) is 0 Å². The van der Waals surface area contributed by atoms with Crippen molar-refractivity contribution in [2.75, 3.05) is 26.3 Å². The molecule has 2 heterocycles. The lowest BCUT2D eigenvalue weighted by Crippen LogP contribution is -2.60.